The number of carbonyl (C=O) groups excluding carboxylic acids is 2. The summed E-state index contributed by atoms with van der Waals surface area (Å²) in [5.74, 6) is 0.589. The number of aryl methyl sites for hydroxylation is 1. The molecule has 0 radical (unpaired) electrons. The lowest BCUT2D eigenvalue weighted by molar-refractivity contribution is -0.137. The van der Waals surface area contributed by atoms with E-state index >= 15 is 0 Å². The molecule has 0 saturated carbocycles. The summed E-state index contributed by atoms with van der Waals surface area (Å²) in [5, 5.41) is 15.2. The predicted molar refractivity (Wildman–Crippen MR) is 142 cm³/mol. The molecule has 0 unspecified atom stereocenters. The molecule has 1 aliphatic heterocycles. The number of alkyl carbamates (subject to hydrolysis) is 1. The second kappa shape index (κ2) is 10.1. The van der Waals surface area contributed by atoms with Crippen LogP contribution in [0.5, 0.6) is 0 Å². The van der Waals surface area contributed by atoms with Gasteiger partial charge >= 0.3 is 6.09 Å². The van der Waals surface area contributed by atoms with Crippen LogP contribution < -0.4 is 10.6 Å². The quantitative estimate of drug-likeness (QED) is 0.516. The number of aromatic nitrogens is 2. The van der Waals surface area contributed by atoms with Gasteiger partial charge in [0.25, 0.3) is 5.91 Å². The Balaban J connectivity index is 1.71. The highest BCUT2D eigenvalue weighted by atomic mass is 16.6. The zero-order chi connectivity index (χ0) is 26.8. The van der Waals surface area contributed by atoms with E-state index in [1.165, 1.54) is 0 Å². The number of anilines is 1. The van der Waals surface area contributed by atoms with E-state index in [0.29, 0.717) is 36.3 Å². The Kier molecular flexibility index (Phi) is 7.12. The van der Waals surface area contributed by atoms with E-state index in [9.17, 15) is 9.59 Å². The molecule has 3 aromatic rings. The lowest BCUT2D eigenvalue weighted by atomic mass is 9.89. The maximum absolute atomic E-state index is 13.9. The van der Waals surface area contributed by atoms with E-state index in [1.807, 2.05) is 41.9 Å². The summed E-state index contributed by atoms with van der Waals surface area (Å²) in [5.41, 5.74) is 1.51. The summed E-state index contributed by atoms with van der Waals surface area (Å²) < 4.78 is 7.51. The minimum Gasteiger partial charge on any atom is -0.444 e. The van der Waals surface area contributed by atoms with Gasteiger partial charge in [0, 0.05) is 31.4 Å². The van der Waals surface area contributed by atoms with Crippen molar-refractivity contribution in [2.24, 2.45) is 7.05 Å². The number of likely N-dealkylation sites (tertiary alicyclic amines) is 1. The van der Waals surface area contributed by atoms with Gasteiger partial charge in [-0.25, -0.2) is 9.78 Å². The number of carbonyl (C=O) groups is 2. The van der Waals surface area contributed by atoms with Gasteiger partial charge in [-0.3, -0.25) is 4.79 Å². The lowest BCUT2D eigenvalue weighted by Crippen LogP contribution is -2.56. The monoisotopic (exact) mass is 502 g/mol. The fourth-order valence-electron chi connectivity index (χ4n) is 4.65. The van der Waals surface area contributed by atoms with Gasteiger partial charge in [0.1, 0.15) is 17.0 Å². The van der Waals surface area contributed by atoms with Gasteiger partial charge in [0.05, 0.1) is 29.2 Å². The van der Waals surface area contributed by atoms with Gasteiger partial charge in [-0.1, -0.05) is 12.1 Å². The SMILES string of the molecule is Cn1c(CNc2ccc(C#N)cc2)nc2c([C@](C)(NC(=O)OC(C)(C)C)C(=O)N3CCCC3)cccc21. The molecular weight excluding hydrogens is 468 g/mol. The molecule has 1 atom stereocenters. The van der Waals surface area contributed by atoms with Crippen molar-refractivity contribution in [2.75, 3.05) is 18.4 Å². The van der Waals surface area contributed by atoms with Crippen LogP contribution in [-0.2, 0) is 28.7 Å². The van der Waals surface area contributed by atoms with Gasteiger partial charge in [-0.15, -0.1) is 0 Å². The van der Waals surface area contributed by atoms with E-state index in [1.54, 1.807) is 44.7 Å². The molecule has 9 heteroatoms. The summed E-state index contributed by atoms with van der Waals surface area (Å²) in [6.45, 7) is 8.85. The van der Waals surface area contributed by atoms with Crippen LogP contribution in [-0.4, -0.2) is 45.1 Å². The Labute approximate surface area is 217 Å². The Morgan fingerprint density at radius 1 is 1.08 bits per heavy atom. The average Bonchev–Trinajstić information content (AvgIpc) is 3.49. The number of para-hydroxylation sites is 1. The fraction of sp³-hybridized carbons (Fsp3) is 0.429. The molecule has 1 aliphatic rings. The number of nitrogens with zero attached hydrogens (tertiary/aromatic N) is 4. The normalized spacial score (nSPS) is 15.2. The van der Waals surface area contributed by atoms with E-state index in [-0.39, 0.29) is 5.91 Å². The van der Waals surface area contributed by atoms with Gasteiger partial charge < -0.3 is 24.8 Å². The van der Waals surface area contributed by atoms with Crippen molar-refractivity contribution in [3.8, 4) is 6.07 Å². The lowest BCUT2D eigenvalue weighted by Gasteiger charge is -2.34. The molecule has 0 aliphatic carbocycles. The number of benzene rings is 2. The van der Waals surface area contributed by atoms with Crippen molar-refractivity contribution in [2.45, 2.75) is 58.2 Å². The second-order valence-electron chi connectivity index (χ2n) is 10.6. The van der Waals surface area contributed by atoms with Crippen LogP contribution in [0.25, 0.3) is 11.0 Å². The van der Waals surface area contributed by atoms with Gasteiger partial charge in [-0.05, 0) is 70.9 Å². The van der Waals surface area contributed by atoms with Gasteiger partial charge in [-0.2, -0.15) is 5.26 Å². The molecule has 2 N–H and O–H groups in total. The molecule has 1 aromatic heterocycles. The summed E-state index contributed by atoms with van der Waals surface area (Å²) in [6, 6.07) is 15.0. The minimum absolute atomic E-state index is 0.175. The van der Waals surface area contributed by atoms with Crippen LogP contribution in [0.3, 0.4) is 0 Å². The van der Waals surface area contributed by atoms with Crippen LogP contribution in [0.1, 0.15) is 57.5 Å². The summed E-state index contributed by atoms with van der Waals surface area (Å²) >= 11 is 0. The Morgan fingerprint density at radius 3 is 2.38 bits per heavy atom. The first-order valence-electron chi connectivity index (χ1n) is 12.5. The third kappa shape index (κ3) is 5.53. The molecule has 4 rings (SSSR count). The van der Waals surface area contributed by atoms with Crippen LogP contribution >= 0.6 is 0 Å². The molecule has 37 heavy (non-hydrogen) atoms. The van der Waals surface area contributed by atoms with E-state index in [4.69, 9.17) is 15.0 Å². The number of nitrogens with one attached hydrogen (secondary N) is 2. The van der Waals surface area contributed by atoms with Crippen LogP contribution in [0.4, 0.5) is 10.5 Å². The van der Waals surface area contributed by atoms with Gasteiger partial charge in [0.15, 0.2) is 0 Å². The zero-order valence-corrected chi connectivity index (χ0v) is 22.1. The molecule has 1 fully saturated rings. The van der Waals surface area contributed by atoms with Crippen molar-refractivity contribution in [1.82, 2.24) is 19.8 Å². The van der Waals surface area contributed by atoms with E-state index < -0.39 is 17.2 Å². The third-order valence-electron chi connectivity index (χ3n) is 6.58. The van der Waals surface area contributed by atoms with E-state index in [2.05, 4.69) is 16.7 Å². The molecule has 0 bridgehead atoms. The fourth-order valence-corrected chi connectivity index (χ4v) is 4.65. The second-order valence-corrected chi connectivity index (χ2v) is 10.6. The Morgan fingerprint density at radius 2 is 1.76 bits per heavy atom. The molecule has 1 saturated heterocycles. The number of amides is 2. The minimum atomic E-state index is -1.36. The molecule has 9 nitrogen and oxygen atoms in total. The van der Waals surface area contributed by atoms with Crippen molar-refractivity contribution < 1.29 is 14.3 Å². The van der Waals surface area contributed by atoms with Crippen LogP contribution in [0, 0.1) is 11.3 Å². The van der Waals surface area contributed by atoms with Crippen LogP contribution in [0.2, 0.25) is 0 Å². The average molecular weight is 503 g/mol. The third-order valence-corrected chi connectivity index (χ3v) is 6.58. The first-order chi connectivity index (χ1) is 17.5. The molecule has 194 valence electrons. The number of hydrogen-bond donors (Lipinski definition) is 2. The first kappa shape index (κ1) is 26.0. The largest absolute Gasteiger partial charge is 0.444 e. The molecule has 2 aromatic carbocycles. The smallest absolute Gasteiger partial charge is 0.408 e. The zero-order valence-electron chi connectivity index (χ0n) is 22.1. The summed E-state index contributed by atoms with van der Waals surface area (Å²) in [6.07, 6.45) is 1.22. The summed E-state index contributed by atoms with van der Waals surface area (Å²) in [7, 11) is 1.93. The Bertz CT molecular complexity index is 1340. The highest BCUT2D eigenvalue weighted by Gasteiger charge is 2.43. The van der Waals surface area contributed by atoms with Crippen molar-refractivity contribution >= 4 is 28.7 Å². The van der Waals surface area contributed by atoms with Gasteiger partial charge in [0.2, 0.25) is 0 Å². The molecule has 2 amide bonds. The maximum atomic E-state index is 13.9. The number of ether oxygens (including phenoxy) is 1. The van der Waals surface area contributed by atoms with Crippen molar-refractivity contribution in [3.63, 3.8) is 0 Å². The molecule has 0 spiro atoms. The molecular formula is C28H34N6O3. The highest BCUT2D eigenvalue weighted by Crippen LogP contribution is 2.32. The Hall–Kier alpha value is -4.06. The number of fused-ring (bicyclic) bond motifs is 1. The van der Waals surface area contributed by atoms with Crippen molar-refractivity contribution in [3.05, 3.63) is 59.4 Å². The standard InChI is InChI=1S/C28H34N6O3/c1-27(2,3)37-26(36)32-28(4,25(35)34-15-6-7-16-34)21-9-8-10-22-24(21)31-23(33(22)5)18-30-20-13-11-19(17-29)12-14-20/h8-14,30H,6-7,15-16,18H2,1-5H3,(H,32,36)/t28-/m0/s1. The number of hydrogen-bond acceptors (Lipinski definition) is 6. The molecule has 2 heterocycles. The maximum Gasteiger partial charge on any atom is 0.408 e. The number of imidazole rings is 1. The number of rotatable bonds is 6. The van der Waals surface area contributed by atoms with E-state index in [0.717, 1.165) is 29.9 Å². The predicted octanol–water partition coefficient (Wildman–Crippen LogP) is 4.42. The van der Waals surface area contributed by atoms with Crippen LogP contribution in [0.15, 0.2) is 42.5 Å². The highest BCUT2D eigenvalue weighted by molar-refractivity contribution is 5.95. The first-order valence-corrected chi connectivity index (χ1v) is 12.5. The number of nitriles is 1. The van der Waals surface area contributed by atoms with Crippen molar-refractivity contribution in [1.29, 1.82) is 5.26 Å². The summed E-state index contributed by atoms with van der Waals surface area (Å²) in [4.78, 5) is 33.5. The topological polar surface area (TPSA) is 112 Å².